The second-order valence-corrected chi connectivity index (χ2v) is 24.0. The molecule has 540 valence electrons. The van der Waals surface area contributed by atoms with Crippen molar-refractivity contribution in [2.75, 3.05) is 68.8 Å². The number of nitrogens with two attached hydrogens (primary N) is 1. The van der Waals surface area contributed by atoms with E-state index < -0.39 is 49.8 Å². The summed E-state index contributed by atoms with van der Waals surface area (Å²) < 4.78 is 14.0. The molecule has 6 N–H and O–H groups in total. The smallest absolute Gasteiger partial charge is 0.342 e. The first-order valence-electron chi connectivity index (χ1n) is 32.7. The number of amides is 2. The molecule has 0 unspecified atom stereocenters. The molecule has 2 aliphatic heterocycles. The Morgan fingerprint density at radius 1 is 0.429 bits per heavy atom. The van der Waals surface area contributed by atoms with E-state index in [-0.39, 0.29) is 44.5 Å². The fourth-order valence-electron chi connectivity index (χ4n) is 10.2. The van der Waals surface area contributed by atoms with E-state index in [4.69, 9.17) is 38.8 Å². The topological polar surface area (TPSA) is 345 Å². The first-order chi connectivity index (χ1) is 50.5. The van der Waals surface area contributed by atoms with Crippen molar-refractivity contribution < 1.29 is 62.9 Å². The van der Waals surface area contributed by atoms with Gasteiger partial charge in [-0.3, -0.25) is 39.9 Å². The number of carbonyl (C=O) groups is 6. The van der Waals surface area contributed by atoms with Crippen LogP contribution in [0.15, 0.2) is 200 Å². The van der Waals surface area contributed by atoms with Crippen LogP contribution in [0.4, 0.5) is 39.8 Å². The summed E-state index contributed by atoms with van der Waals surface area (Å²) in [5, 5.41) is 50.7. The fourth-order valence-corrected chi connectivity index (χ4v) is 10.5. The maximum atomic E-state index is 13.0. The van der Waals surface area contributed by atoms with Gasteiger partial charge in [-0.15, -0.1) is 0 Å². The molecule has 2 saturated heterocycles. The lowest BCUT2D eigenvalue weighted by Crippen LogP contribution is -2.29. The minimum atomic E-state index is -1.37. The molecule has 105 heavy (non-hydrogen) atoms. The van der Waals surface area contributed by atoms with Crippen molar-refractivity contribution in [2.24, 2.45) is 0 Å². The van der Waals surface area contributed by atoms with Gasteiger partial charge in [0.05, 0.1) is 52.8 Å². The molecule has 24 nitrogen and oxygen atoms in total. The number of anilines is 4. The standard InChI is InChI=1S/C28H27N3O5.C23H17ClN2O5.C16H15NO2.C7H4ClNO4.C5H11N/c1-36-28(33)22-11-7-20(8-12-22)5-6-21-9-13-23(14-10-21)29-27(32)25-19-24(15-16-26(25)31(34)35)30-17-3-2-4-18-30;1-31-23(28)17-8-4-15(5-9-17)2-3-16-6-11-19(12-7-16)25-22(27)20-14-18(24)10-13-21(20)26(29)30;1-19-16(18)14-8-4-12(5-9-14)2-3-13-6-10-15(17)11-7-13;8-4-1-2-6(9(12)13)5(3-4)7(10)11;1-2-4-6-5-3-1/h5-16,19H,2-4,17-18H2,1H3,(H,29,32);2-14H,1H3,(H,25,27);2-11H,17H2,1H3;1-3H,(H,10,11);6H,1-5H2/b6-5+;2*3-2+;;. The third kappa shape index (κ3) is 25.4. The van der Waals surface area contributed by atoms with Gasteiger partial charge in [-0.25, -0.2) is 19.2 Å². The van der Waals surface area contributed by atoms with Crippen molar-refractivity contribution in [2.45, 2.75) is 38.5 Å². The van der Waals surface area contributed by atoms with Crippen LogP contribution in [-0.4, -0.2) is 103 Å². The molecule has 0 spiro atoms. The zero-order valence-corrected chi connectivity index (χ0v) is 58.8. The minimum absolute atomic E-state index is 0.0439. The number of rotatable bonds is 18. The number of nitrogen functional groups attached to an aromatic ring is 1. The molecule has 0 aromatic heterocycles. The number of ether oxygens (including phenoxy) is 3. The average Bonchev–Trinajstić information content (AvgIpc) is 0.819. The number of hydrogen-bond acceptors (Lipinski definition) is 18. The van der Waals surface area contributed by atoms with Gasteiger partial charge in [0.25, 0.3) is 28.9 Å². The monoisotopic (exact) mass is 1460 g/mol. The van der Waals surface area contributed by atoms with Crippen molar-refractivity contribution in [1.82, 2.24) is 5.32 Å². The van der Waals surface area contributed by atoms with Crippen LogP contribution in [-0.2, 0) is 14.2 Å². The van der Waals surface area contributed by atoms with E-state index in [2.05, 4.69) is 30.3 Å². The van der Waals surface area contributed by atoms with Crippen molar-refractivity contribution >= 4 is 135 Å². The van der Waals surface area contributed by atoms with Gasteiger partial charge in [-0.05, 0) is 188 Å². The van der Waals surface area contributed by atoms with Gasteiger partial charge in [0.15, 0.2) is 0 Å². The number of carboxylic acids is 1. The van der Waals surface area contributed by atoms with E-state index in [1.165, 1.54) is 90.4 Å². The van der Waals surface area contributed by atoms with E-state index in [1.54, 1.807) is 97.1 Å². The minimum Gasteiger partial charge on any atom is -0.477 e. The van der Waals surface area contributed by atoms with Crippen LogP contribution in [0, 0.1) is 30.3 Å². The molecule has 2 amide bonds. The highest BCUT2D eigenvalue weighted by atomic mass is 35.5. The number of nitrogens with one attached hydrogen (secondary N) is 3. The summed E-state index contributed by atoms with van der Waals surface area (Å²) in [6.07, 6.45) is 19.1. The van der Waals surface area contributed by atoms with Gasteiger partial charge in [0.2, 0.25) is 0 Å². The number of carbonyl (C=O) groups excluding carboxylic acids is 5. The number of piperidine rings is 2. The molecule has 0 radical (unpaired) electrons. The Bertz CT molecular complexity index is 4590. The lowest BCUT2D eigenvalue weighted by atomic mass is 10.1. The van der Waals surface area contributed by atoms with Gasteiger partial charge >= 0.3 is 23.9 Å². The number of nitro groups is 3. The Morgan fingerprint density at radius 2 is 0.733 bits per heavy atom. The number of aromatic carboxylic acids is 1. The Kier molecular flexibility index (Phi) is 30.9. The number of nitrogens with zero attached hydrogens (tertiary/aromatic N) is 4. The molecular weight excluding hydrogens is 1390 g/mol. The van der Waals surface area contributed by atoms with Crippen LogP contribution in [0.3, 0.4) is 0 Å². The molecular formula is C79H74Cl2N8O16. The molecule has 2 fully saturated rings. The maximum absolute atomic E-state index is 13.0. The summed E-state index contributed by atoms with van der Waals surface area (Å²) >= 11 is 11.4. The summed E-state index contributed by atoms with van der Waals surface area (Å²) in [7, 11) is 4.05. The number of nitro benzene ring substituents is 3. The highest BCUT2D eigenvalue weighted by Crippen LogP contribution is 2.30. The second kappa shape index (κ2) is 40.7. The number of carboxylic acid groups (broad SMARTS) is 1. The number of esters is 3. The summed E-state index contributed by atoms with van der Waals surface area (Å²) in [5.41, 5.74) is 13.9. The van der Waals surface area contributed by atoms with Crippen molar-refractivity contribution in [3.05, 3.63) is 307 Å². The normalized spacial score (nSPS) is 12.2. The largest absolute Gasteiger partial charge is 0.477 e. The van der Waals surface area contributed by atoms with Crippen LogP contribution in [0.5, 0.6) is 0 Å². The Balaban J connectivity index is 0.000000201. The third-order valence-electron chi connectivity index (χ3n) is 15.8. The van der Waals surface area contributed by atoms with Gasteiger partial charge in [-0.1, -0.05) is 139 Å². The molecule has 9 aromatic rings. The Labute approximate surface area is 614 Å². The molecule has 0 atom stereocenters. The van der Waals surface area contributed by atoms with Crippen molar-refractivity contribution in [1.29, 1.82) is 0 Å². The van der Waals surface area contributed by atoms with E-state index in [9.17, 15) is 59.1 Å². The second-order valence-electron chi connectivity index (χ2n) is 23.1. The van der Waals surface area contributed by atoms with Crippen LogP contribution in [0.25, 0.3) is 36.5 Å². The average molecular weight is 1460 g/mol. The zero-order chi connectivity index (χ0) is 75.8. The van der Waals surface area contributed by atoms with Gasteiger partial charge in [0, 0.05) is 64.1 Å². The Hall–Kier alpha value is -12.6. The summed E-state index contributed by atoms with van der Waals surface area (Å²) in [6, 6.07) is 54.9. The SMILES string of the molecule is C1CCNCC1.COC(=O)c1ccc(/C=C/c2ccc(N)cc2)cc1.COC(=O)c1ccc(/C=C/c2ccc(NC(=O)c3cc(Cl)ccc3[N+](=O)[O-])cc2)cc1.COC(=O)c1ccc(/C=C/c2ccc(NC(=O)c3cc(N4CCCCC4)ccc3[N+](=O)[O-])cc2)cc1.O=C(O)c1cc(Cl)ccc1[N+](=O)[O-]. The molecule has 2 aliphatic rings. The van der Waals surface area contributed by atoms with Crippen LogP contribution in [0.1, 0.15) is 134 Å². The summed E-state index contributed by atoms with van der Waals surface area (Å²) in [4.78, 5) is 104. The Morgan fingerprint density at radius 3 is 1.05 bits per heavy atom. The van der Waals surface area contributed by atoms with E-state index >= 15 is 0 Å². The van der Waals surface area contributed by atoms with Gasteiger partial charge < -0.3 is 45.9 Å². The van der Waals surface area contributed by atoms with Crippen LogP contribution in [0.2, 0.25) is 10.0 Å². The molecule has 0 bridgehead atoms. The molecule has 9 aromatic carbocycles. The summed E-state index contributed by atoms with van der Waals surface area (Å²) in [5.74, 6) is -3.61. The number of hydrogen-bond donors (Lipinski definition) is 5. The maximum Gasteiger partial charge on any atom is 0.342 e. The zero-order valence-electron chi connectivity index (χ0n) is 57.3. The van der Waals surface area contributed by atoms with Crippen LogP contribution < -0.4 is 26.6 Å². The predicted molar refractivity (Wildman–Crippen MR) is 409 cm³/mol. The molecule has 0 aliphatic carbocycles. The number of halogens is 2. The van der Waals surface area contributed by atoms with E-state index in [1.807, 2.05) is 97.1 Å². The molecule has 26 heteroatoms. The number of benzene rings is 9. The van der Waals surface area contributed by atoms with Crippen molar-refractivity contribution in [3.63, 3.8) is 0 Å². The lowest BCUT2D eigenvalue weighted by molar-refractivity contribution is -0.385. The summed E-state index contributed by atoms with van der Waals surface area (Å²) in [6.45, 7) is 4.26. The lowest BCUT2D eigenvalue weighted by Gasteiger charge is -2.29. The highest BCUT2D eigenvalue weighted by molar-refractivity contribution is 6.31. The third-order valence-corrected chi connectivity index (χ3v) is 16.3. The van der Waals surface area contributed by atoms with E-state index in [0.29, 0.717) is 28.1 Å². The first-order valence-corrected chi connectivity index (χ1v) is 33.4. The molecule has 2 heterocycles. The highest BCUT2D eigenvalue weighted by Gasteiger charge is 2.25. The first kappa shape index (κ1) is 79.7. The number of methoxy groups -OCH3 is 3. The molecule has 11 rings (SSSR count). The van der Waals surface area contributed by atoms with Crippen LogP contribution >= 0.6 is 23.2 Å². The van der Waals surface area contributed by atoms with Gasteiger partial charge in [-0.2, -0.15) is 0 Å². The predicted octanol–water partition coefficient (Wildman–Crippen LogP) is 17.2. The van der Waals surface area contributed by atoms with E-state index in [0.717, 1.165) is 82.8 Å². The quantitative estimate of drug-likeness (QED) is 0.0133. The molecule has 0 saturated carbocycles. The fraction of sp³-hybridized carbons (Fsp3) is 0.165. The van der Waals surface area contributed by atoms with Gasteiger partial charge in [0.1, 0.15) is 16.7 Å². The van der Waals surface area contributed by atoms with Crippen molar-refractivity contribution in [3.8, 4) is 0 Å².